The molecule has 0 aromatic rings. The molecule has 0 unspecified atom stereocenters. The second-order valence-electron chi connectivity index (χ2n) is 4.30. The van der Waals surface area contributed by atoms with Gasteiger partial charge >= 0.3 is 0 Å². The van der Waals surface area contributed by atoms with Crippen molar-refractivity contribution >= 4 is 5.91 Å². The molecule has 0 aliphatic rings. The average Bonchev–Trinajstić information content (AvgIpc) is 2.28. The maximum Gasteiger partial charge on any atom is 0.222 e. The molecule has 0 rings (SSSR count). The number of nitrogens with one attached hydrogen (secondary N) is 1. The highest BCUT2D eigenvalue weighted by molar-refractivity contribution is 5.78. The van der Waals surface area contributed by atoms with Gasteiger partial charge in [0.05, 0.1) is 0 Å². The molecule has 0 bridgehead atoms. The van der Waals surface area contributed by atoms with Crippen LogP contribution in [0.15, 0.2) is 0 Å². The van der Waals surface area contributed by atoms with E-state index < -0.39 is 0 Å². The van der Waals surface area contributed by atoms with Crippen LogP contribution in [-0.4, -0.2) is 25.7 Å². The van der Waals surface area contributed by atoms with E-state index in [2.05, 4.69) is 19.2 Å². The molecular weight excluding hydrogens is 202 g/mol. The van der Waals surface area contributed by atoms with Crippen molar-refractivity contribution in [2.45, 2.75) is 52.9 Å². The maximum atomic E-state index is 11.5. The molecule has 0 saturated heterocycles. The fraction of sp³-hybridized carbons (Fsp3) is 0.923. The second kappa shape index (κ2) is 10.9. The molecule has 0 aromatic carbocycles. The number of amides is 1. The first-order chi connectivity index (χ1) is 7.72. The van der Waals surface area contributed by atoms with Crippen LogP contribution in [-0.2, 0) is 9.53 Å². The van der Waals surface area contributed by atoms with Crippen LogP contribution in [0, 0.1) is 5.92 Å². The Labute approximate surface area is 99.9 Å². The van der Waals surface area contributed by atoms with Gasteiger partial charge in [-0.25, -0.2) is 0 Å². The first-order valence-electron chi connectivity index (χ1n) is 6.57. The van der Waals surface area contributed by atoms with E-state index in [1.165, 1.54) is 6.42 Å². The van der Waals surface area contributed by atoms with Gasteiger partial charge in [-0.1, -0.05) is 33.6 Å². The number of ether oxygens (including phenoxy) is 1. The van der Waals surface area contributed by atoms with Crippen molar-refractivity contribution in [1.29, 1.82) is 0 Å². The SMILES string of the molecule is CCCCOCCCNC(=O)[C@H](C)CCC. The van der Waals surface area contributed by atoms with Gasteiger partial charge in [-0.05, 0) is 19.3 Å². The van der Waals surface area contributed by atoms with Crippen LogP contribution >= 0.6 is 0 Å². The molecule has 0 radical (unpaired) electrons. The molecule has 0 aliphatic carbocycles. The molecule has 0 saturated carbocycles. The van der Waals surface area contributed by atoms with Gasteiger partial charge in [-0.3, -0.25) is 4.79 Å². The van der Waals surface area contributed by atoms with Gasteiger partial charge in [0.1, 0.15) is 0 Å². The zero-order chi connectivity index (χ0) is 12.2. The molecule has 3 heteroatoms. The standard InChI is InChI=1S/C13H27NO2/c1-4-6-10-16-11-7-9-14-13(15)12(3)8-5-2/h12H,4-11H2,1-3H3,(H,14,15)/t12-/m1/s1. The second-order valence-corrected chi connectivity index (χ2v) is 4.30. The minimum Gasteiger partial charge on any atom is -0.381 e. The molecule has 0 aromatic heterocycles. The molecule has 0 spiro atoms. The van der Waals surface area contributed by atoms with E-state index >= 15 is 0 Å². The summed E-state index contributed by atoms with van der Waals surface area (Å²) in [5.74, 6) is 0.321. The number of rotatable bonds is 10. The topological polar surface area (TPSA) is 38.3 Å². The summed E-state index contributed by atoms with van der Waals surface area (Å²) in [7, 11) is 0. The fourth-order valence-electron chi connectivity index (χ4n) is 1.47. The zero-order valence-corrected chi connectivity index (χ0v) is 11.1. The van der Waals surface area contributed by atoms with E-state index in [1.807, 2.05) is 6.92 Å². The quantitative estimate of drug-likeness (QED) is 0.585. The van der Waals surface area contributed by atoms with Gasteiger partial charge in [-0.15, -0.1) is 0 Å². The lowest BCUT2D eigenvalue weighted by molar-refractivity contribution is -0.124. The van der Waals surface area contributed by atoms with E-state index in [-0.39, 0.29) is 11.8 Å². The van der Waals surface area contributed by atoms with Crippen molar-refractivity contribution in [3.8, 4) is 0 Å². The Hall–Kier alpha value is -0.570. The van der Waals surface area contributed by atoms with Gasteiger partial charge in [0.15, 0.2) is 0 Å². The van der Waals surface area contributed by atoms with Gasteiger partial charge in [-0.2, -0.15) is 0 Å². The number of hydrogen-bond donors (Lipinski definition) is 1. The summed E-state index contributed by atoms with van der Waals surface area (Å²) in [5.41, 5.74) is 0. The van der Waals surface area contributed by atoms with Crippen LogP contribution in [0.25, 0.3) is 0 Å². The lowest BCUT2D eigenvalue weighted by atomic mass is 10.1. The Morgan fingerprint density at radius 3 is 2.50 bits per heavy atom. The first-order valence-corrected chi connectivity index (χ1v) is 6.57. The summed E-state index contributed by atoms with van der Waals surface area (Å²) in [6, 6.07) is 0. The molecule has 0 fully saturated rings. The third-order valence-corrected chi connectivity index (χ3v) is 2.58. The minimum atomic E-state index is 0.144. The smallest absolute Gasteiger partial charge is 0.222 e. The number of carbonyl (C=O) groups is 1. The van der Waals surface area contributed by atoms with E-state index in [0.29, 0.717) is 0 Å². The molecule has 3 nitrogen and oxygen atoms in total. The number of unbranched alkanes of at least 4 members (excludes halogenated alkanes) is 1. The van der Waals surface area contributed by atoms with E-state index in [4.69, 9.17) is 4.74 Å². The molecule has 16 heavy (non-hydrogen) atoms. The summed E-state index contributed by atoms with van der Waals surface area (Å²) in [6.07, 6.45) is 5.24. The molecule has 96 valence electrons. The first kappa shape index (κ1) is 15.4. The number of hydrogen-bond acceptors (Lipinski definition) is 2. The maximum absolute atomic E-state index is 11.5. The third kappa shape index (κ3) is 8.72. The Balaban J connectivity index is 3.27. The molecule has 1 atom stereocenters. The summed E-state index contributed by atoms with van der Waals surface area (Å²) in [4.78, 5) is 11.5. The van der Waals surface area contributed by atoms with Crippen LogP contribution in [0.4, 0.5) is 0 Å². The van der Waals surface area contributed by atoms with Gasteiger partial charge in [0.25, 0.3) is 0 Å². The van der Waals surface area contributed by atoms with Crippen molar-refractivity contribution in [2.75, 3.05) is 19.8 Å². The Morgan fingerprint density at radius 2 is 1.88 bits per heavy atom. The Bertz CT molecular complexity index is 171. The highest BCUT2D eigenvalue weighted by atomic mass is 16.5. The highest BCUT2D eigenvalue weighted by Crippen LogP contribution is 2.04. The van der Waals surface area contributed by atoms with E-state index in [1.54, 1.807) is 0 Å². The summed E-state index contributed by atoms with van der Waals surface area (Å²) in [5, 5.41) is 2.94. The van der Waals surface area contributed by atoms with Crippen molar-refractivity contribution in [3.05, 3.63) is 0 Å². The van der Waals surface area contributed by atoms with Crippen LogP contribution in [0.1, 0.15) is 52.9 Å². The summed E-state index contributed by atoms with van der Waals surface area (Å²) < 4.78 is 5.41. The summed E-state index contributed by atoms with van der Waals surface area (Å²) in [6.45, 7) is 8.57. The van der Waals surface area contributed by atoms with Gasteiger partial charge in [0.2, 0.25) is 5.91 Å². The van der Waals surface area contributed by atoms with Crippen LogP contribution in [0.3, 0.4) is 0 Å². The monoisotopic (exact) mass is 229 g/mol. The van der Waals surface area contributed by atoms with Crippen LogP contribution in [0.5, 0.6) is 0 Å². The largest absolute Gasteiger partial charge is 0.381 e. The van der Waals surface area contributed by atoms with Crippen molar-refractivity contribution < 1.29 is 9.53 Å². The predicted molar refractivity (Wildman–Crippen MR) is 67.4 cm³/mol. The molecular formula is C13H27NO2. The van der Waals surface area contributed by atoms with Crippen LogP contribution < -0.4 is 5.32 Å². The zero-order valence-electron chi connectivity index (χ0n) is 11.1. The molecule has 0 heterocycles. The fourth-order valence-corrected chi connectivity index (χ4v) is 1.47. The highest BCUT2D eigenvalue weighted by Gasteiger charge is 2.09. The predicted octanol–water partition coefficient (Wildman–Crippen LogP) is 2.75. The van der Waals surface area contributed by atoms with Crippen molar-refractivity contribution in [2.24, 2.45) is 5.92 Å². The van der Waals surface area contributed by atoms with E-state index in [0.717, 1.165) is 45.4 Å². The molecule has 0 aliphatic heterocycles. The van der Waals surface area contributed by atoms with Gasteiger partial charge in [0, 0.05) is 25.7 Å². The minimum absolute atomic E-state index is 0.144. The lowest BCUT2D eigenvalue weighted by Gasteiger charge is -2.10. The molecule has 1 amide bonds. The normalized spacial score (nSPS) is 12.4. The van der Waals surface area contributed by atoms with E-state index in [9.17, 15) is 4.79 Å². The van der Waals surface area contributed by atoms with Crippen LogP contribution in [0.2, 0.25) is 0 Å². The summed E-state index contributed by atoms with van der Waals surface area (Å²) >= 11 is 0. The average molecular weight is 229 g/mol. The Kier molecular flexibility index (Phi) is 10.5. The third-order valence-electron chi connectivity index (χ3n) is 2.58. The Morgan fingerprint density at radius 1 is 1.19 bits per heavy atom. The lowest BCUT2D eigenvalue weighted by Crippen LogP contribution is -2.30. The van der Waals surface area contributed by atoms with Crippen molar-refractivity contribution in [3.63, 3.8) is 0 Å². The molecule has 1 N–H and O–H groups in total. The number of carbonyl (C=O) groups excluding carboxylic acids is 1. The van der Waals surface area contributed by atoms with Gasteiger partial charge < -0.3 is 10.1 Å². The van der Waals surface area contributed by atoms with Crippen molar-refractivity contribution in [1.82, 2.24) is 5.32 Å².